The number of fused-ring (bicyclic) bond motifs is 4. The molecule has 3 nitrogen and oxygen atoms in total. The van der Waals surface area contributed by atoms with Crippen LogP contribution in [0.1, 0.15) is 28.7 Å². The summed E-state index contributed by atoms with van der Waals surface area (Å²) in [6.07, 6.45) is -3.24. The minimum absolute atomic E-state index is 0.230. The van der Waals surface area contributed by atoms with Gasteiger partial charge in [0.15, 0.2) is 0 Å². The minimum Gasteiger partial charge on any atom is -0.496 e. The molecule has 6 heteroatoms. The van der Waals surface area contributed by atoms with E-state index in [1.807, 2.05) is 12.1 Å². The molecular formula is C18H14F3NO2. The van der Waals surface area contributed by atoms with E-state index < -0.39 is 17.2 Å². The van der Waals surface area contributed by atoms with Crippen LogP contribution in [0, 0.1) is 0 Å². The van der Waals surface area contributed by atoms with E-state index in [0.717, 1.165) is 23.3 Å². The van der Waals surface area contributed by atoms with Crippen molar-refractivity contribution in [2.24, 2.45) is 0 Å². The van der Waals surface area contributed by atoms with Crippen LogP contribution in [0.5, 0.6) is 5.75 Å². The van der Waals surface area contributed by atoms with Crippen molar-refractivity contribution in [1.29, 1.82) is 0 Å². The molecule has 124 valence electrons. The second-order valence-corrected chi connectivity index (χ2v) is 6.11. The third-order valence-corrected chi connectivity index (χ3v) is 4.97. The van der Waals surface area contributed by atoms with E-state index in [4.69, 9.17) is 4.74 Å². The van der Waals surface area contributed by atoms with E-state index >= 15 is 0 Å². The van der Waals surface area contributed by atoms with Gasteiger partial charge in [-0.3, -0.25) is 4.79 Å². The molecule has 2 aromatic carbocycles. The lowest BCUT2D eigenvalue weighted by Crippen LogP contribution is -2.33. The Balaban J connectivity index is 1.95. The molecule has 1 amide bonds. The number of ether oxygens (including phenoxy) is 1. The van der Waals surface area contributed by atoms with Gasteiger partial charge in [-0.1, -0.05) is 18.2 Å². The summed E-state index contributed by atoms with van der Waals surface area (Å²) in [5.74, 6) is 0.299. The average Bonchev–Trinajstić information content (AvgIpc) is 3.07. The van der Waals surface area contributed by atoms with E-state index in [1.165, 1.54) is 13.2 Å². The number of alkyl halides is 3. The molecule has 4 rings (SSSR count). The predicted octanol–water partition coefficient (Wildman–Crippen LogP) is 3.90. The first-order valence-electron chi connectivity index (χ1n) is 7.57. The Kier molecular flexibility index (Phi) is 2.98. The van der Waals surface area contributed by atoms with Crippen molar-refractivity contribution in [3.63, 3.8) is 0 Å². The topological polar surface area (TPSA) is 38.3 Å². The summed E-state index contributed by atoms with van der Waals surface area (Å²) in [7, 11) is 1.53. The highest BCUT2D eigenvalue weighted by Crippen LogP contribution is 2.54. The van der Waals surface area contributed by atoms with Crippen LogP contribution in [0.15, 0.2) is 36.4 Å². The fourth-order valence-corrected chi connectivity index (χ4v) is 3.93. The lowest BCUT2D eigenvalue weighted by atomic mass is 9.76. The number of anilines is 1. The number of carbonyl (C=O) groups is 1. The van der Waals surface area contributed by atoms with E-state index in [-0.39, 0.29) is 11.6 Å². The Labute approximate surface area is 136 Å². The second kappa shape index (κ2) is 4.75. The Morgan fingerprint density at radius 2 is 2.00 bits per heavy atom. The highest BCUT2D eigenvalue weighted by Gasteiger charge is 2.53. The lowest BCUT2D eigenvalue weighted by molar-refractivity contribution is -0.137. The summed E-state index contributed by atoms with van der Waals surface area (Å²) in [6, 6.07) is 9.03. The number of nitrogens with one attached hydrogen (secondary N) is 1. The maximum absolute atomic E-state index is 12.9. The van der Waals surface area contributed by atoms with Crippen molar-refractivity contribution in [2.45, 2.75) is 24.4 Å². The molecule has 1 aliphatic carbocycles. The zero-order valence-electron chi connectivity index (χ0n) is 12.8. The molecule has 1 spiro atoms. The van der Waals surface area contributed by atoms with Crippen molar-refractivity contribution in [1.82, 2.24) is 0 Å². The molecule has 0 radical (unpaired) electrons. The van der Waals surface area contributed by atoms with Crippen LogP contribution >= 0.6 is 0 Å². The predicted molar refractivity (Wildman–Crippen MR) is 82.2 cm³/mol. The van der Waals surface area contributed by atoms with Gasteiger partial charge < -0.3 is 10.1 Å². The highest BCUT2D eigenvalue weighted by molar-refractivity contribution is 6.10. The Morgan fingerprint density at radius 1 is 1.21 bits per heavy atom. The zero-order valence-corrected chi connectivity index (χ0v) is 12.8. The lowest BCUT2D eigenvalue weighted by Gasteiger charge is -2.25. The summed E-state index contributed by atoms with van der Waals surface area (Å²) >= 11 is 0. The maximum Gasteiger partial charge on any atom is 0.416 e. The smallest absolute Gasteiger partial charge is 0.416 e. The maximum atomic E-state index is 12.9. The van der Waals surface area contributed by atoms with Crippen LogP contribution in [0.25, 0.3) is 0 Å². The largest absolute Gasteiger partial charge is 0.496 e. The Morgan fingerprint density at radius 3 is 2.71 bits per heavy atom. The molecule has 0 saturated carbocycles. The van der Waals surface area contributed by atoms with Gasteiger partial charge >= 0.3 is 6.18 Å². The van der Waals surface area contributed by atoms with Crippen LogP contribution in [-0.2, 0) is 22.8 Å². The molecule has 2 aliphatic rings. The summed E-state index contributed by atoms with van der Waals surface area (Å²) in [4.78, 5) is 12.8. The van der Waals surface area contributed by atoms with E-state index in [0.29, 0.717) is 24.2 Å². The standard InChI is InChI=1S/C18H14F3NO2/c1-24-14-4-2-3-10-7-8-17(15(10)14)12-6-5-11(18(19,20)21)9-13(12)22-16(17)23/h2-6,9H,7-8H2,1H3,(H,22,23)/t17-/m0/s1. The summed E-state index contributed by atoms with van der Waals surface area (Å²) < 4.78 is 44.3. The van der Waals surface area contributed by atoms with Gasteiger partial charge in [0.05, 0.1) is 12.7 Å². The fraction of sp³-hybridized carbons (Fsp3) is 0.278. The molecule has 1 N–H and O–H groups in total. The minimum atomic E-state index is -4.44. The van der Waals surface area contributed by atoms with Gasteiger partial charge in [-0.15, -0.1) is 0 Å². The quantitative estimate of drug-likeness (QED) is 0.860. The molecule has 0 fully saturated rings. The van der Waals surface area contributed by atoms with Gasteiger partial charge in [0.1, 0.15) is 11.2 Å². The second-order valence-electron chi connectivity index (χ2n) is 6.11. The molecule has 0 saturated heterocycles. The van der Waals surface area contributed by atoms with Gasteiger partial charge in [-0.25, -0.2) is 0 Å². The number of carbonyl (C=O) groups excluding carboxylic acids is 1. The normalized spacial score (nSPS) is 21.6. The monoisotopic (exact) mass is 333 g/mol. The van der Waals surface area contributed by atoms with Crippen LogP contribution in [0.2, 0.25) is 0 Å². The zero-order chi connectivity index (χ0) is 17.1. The number of hydrogen-bond acceptors (Lipinski definition) is 2. The molecular weight excluding hydrogens is 319 g/mol. The molecule has 1 heterocycles. The average molecular weight is 333 g/mol. The van der Waals surface area contributed by atoms with Crippen LogP contribution in [-0.4, -0.2) is 13.0 Å². The third-order valence-electron chi connectivity index (χ3n) is 4.97. The number of halogens is 3. The third kappa shape index (κ3) is 1.82. The van der Waals surface area contributed by atoms with Gasteiger partial charge in [0.2, 0.25) is 5.91 Å². The summed E-state index contributed by atoms with van der Waals surface area (Å²) in [6.45, 7) is 0. The van der Waals surface area contributed by atoms with Crippen molar-refractivity contribution in [2.75, 3.05) is 12.4 Å². The highest BCUT2D eigenvalue weighted by atomic mass is 19.4. The van der Waals surface area contributed by atoms with Gasteiger partial charge in [-0.05, 0) is 42.2 Å². The summed E-state index contributed by atoms with van der Waals surface area (Å²) in [5.41, 5.74) is 0.844. The summed E-state index contributed by atoms with van der Waals surface area (Å²) in [5, 5.41) is 2.64. The van der Waals surface area contributed by atoms with Crippen molar-refractivity contribution in [3.8, 4) is 5.75 Å². The van der Waals surface area contributed by atoms with Crippen molar-refractivity contribution >= 4 is 11.6 Å². The number of methoxy groups -OCH3 is 1. The number of amides is 1. The number of rotatable bonds is 1. The molecule has 1 aliphatic heterocycles. The first-order chi connectivity index (χ1) is 11.4. The molecule has 0 bridgehead atoms. The molecule has 0 unspecified atom stereocenters. The van der Waals surface area contributed by atoms with Crippen LogP contribution in [0.3, 0.4) is 0 Å². The number of benzene rings is 2. The van der Waals surface area contributed by atoms with Gasteiger partial charge in [0.25, 0.3) is 0 Å². The van der Waals surface area contributed by atoms with Crippen LogP contribution in [0.4, 0.5) is 18.9 Å². The first-order valence-corrected chi connectivity index (χ1v) is 7.57. The fourth-order valence-electron chi connectivity index (χ4n) is 3.93. The first kappa shape index (κ1) is 15.1. The van der Waals surface area contributed by atoms with Crippen molar-refractivity contribution in [3.05, 3.63) is 58.7 Å². The molecule has 1 atom stereocenters. The molecule has 24 heavy (non-hydrogen) atoms. The Hall–Kier alpha value is -2.50. The number of hydrogen-bond donors (Lipinski definition) is 1. The van der Waals surface area contributed by atoms with E-state index in [2.05, 4.69) is 5.32 Å². The molecule has 0 aromatic heterocycles. The van der Waals surface area contributed by atoms with E-state index in [9.17, 15) is 18.0 Å². The Bertz CT molecular complexity index is 860. The van der Waals surface area contributed by atoms with Crippen LogP contribution < -0.4 is 10.1 Å². The SMILES string of the molecule is COc1cccc2c1[C@@]1(CC2)C(=O)Nc2cc(C(F)(F)F)ccc21. The van der Waals surface area contributed by atoms with Gasteiger partial charge in [-0.2, -0.15) is 13.2 Å². The van der Waals surface area contributed by atoms with Gasteiger partial charge in [0, 0.05) is 11.3 Å². The van der Waals surface area contributed by atoms with Crippen molar-refractivity contribution < 1.29 is 22.7 Å². The number of aryl methyl sites for hydroxylation is 1. The van der Waals surface area contributed by atoms with E-state index in [1.54, 1.807) is 6.07 Å². The molecule has 2 aromatic rings.